The first-order valence-electron chi connectivity index (χ1n) is 6.44. The van der Waals surface area contributed by atoms with Crippen LogP contribution in [-0.2, 0) is 9.59 Å². The zero-order chi connectivity index (χ0) is 16.0. The zero-order valence-corrected chi connectivity index (χ0v) is 13.7. The highest BCUT2D eigenvalue weighted by atomic mass is 79.9. The molecular weight excluding hydrogens is 338 g/mol. The van der Waals surface area contributed by atoms with Crippen molar-refractivity contribution in [1.82, 2.24) is 16.2 Å². The molecule has 0 spiro atoms. The van der Waals surface area contributed by atoms with E-state index in [-0.39, 0.29) is 11.8 Å². The topological polar surface area (TPSA) is 87.3 Å². The van der Waals surface area contributed by atoms with Gasteiger partial charge in [0.2, 0.25) is 5.91 Å². The Morgan fingerprint density at radius 2 is 1.62 bits per heavy atom. The summed E-state index contributed by atoms with van der Waals surface area (Å²) in [6.45, 7) is 4.94. The molecule has 3 amide bonds. The van der Waals surface area contributed by atoms with Crippen LogP contribution < -0.4 is 16.2 Å². The second-order valence-electron chi connectivity index (χ2n) is 4.87. The zero-order valence-electron chi connectivity index (χ0n) is 12.1. The highest BCUT2D eigenvalue weighted by Gasteiger charge is 2.23. The number of amides is 3. The molecule has 1 rings (SSSR count). The number of hydrazine groups is 1. The summed E-state index contributed by atoms with van der Waals surface area (Å²) in [7, 11) is 0. The van der Waals surface area contributed by atoms with Crippen molar-refractivity contribution in [3.63, 3.8) is 0 Å². The molecule has 21 heavy (non-hydrogen) atoms. The van der Waals surface area contributed by atoms with Crippen LogP contribution in [0, 0.1) is 5.92 Å². The Kier molecular flexibility index (Phi) is 6.36. The Morgan fingerprint density at radius 1 is 1.05 bits per heavy atom. The van der Waals surface area contributed by atoms with Crippen LogP contribution in [-0.4, -0.2) is 23.8 Å². The van der Waals surface area contributed by atoms with Crippen molar-refractivity contribution in [3.05, 3.63) is 34.3 Å². The number of halogens is 1. The fourth-order valence-corrected chi connectivity index (χ4v) is 1.89. The summed E-state index contributed by atoms with van der Waals surface area (Å²) in [6.07, 6.45) is 0. The van der Waals surface area contributed by atoms with Crippen LogP contribution in [0.4, 0.5) is 0 Å². The summed E-state index contributed by atoms with van der Waals surface area (Å²) in [6, 6.07) is 6.00. The summed E-state index contributed by atoms with van der Waals surface area (Å²) in [5, 5.41) is 2.54. The highest BCUT2D eigenvalue weighted by molar-refractivity contribution is 9.10. The fraction of sp³-hybridized carbons (Fsp3) is 0.357. The van der Waals surface area contributed by atoms with Gasteiger partial charge in [-0.25, -0.2) is 0 Å². The molecule has 0 saturated heterocycles. The molecule has 0 fully saturated rings. The van der Waals surface area contributed by atoms with Crippen LogP contribution in [0.25, 0.3) is 0 Å². The van der Waals surface area contributed by atoms with E-state index in [1.807, 2.05) is 0 Å². The molecule has 0 aliphatic rings. The van der Waals surface area contributed by atoms with Gasteiger partial charge in [-0.05, 0) is 30.2 Å². The number of carbonyl (C=O) groups excluding carboxylic acids is 3. The van der Waals surface area contributed by atoms with Crippen LogP contribution in [0.2, 0.25) is 0 Å². The maximum absolute atomic E-state index is 12.0. The normalized spacial score (nSPS) is 11.7. The number of nitrogens with one attached hydrogen (secondary N) is 3. The van der Waals surface area contributed by atoms with Crippen LogP contribution >= 0.6 is 15.9 Å². The minimum atomic E-state index is -0.701. The number of hydrogen-bond donors (Lipinski definition) is 3. The Morgan fingerprint density at radius 3 is 2.10 bits per heavy atom. The second kappa shape index (κ2) is 7.78. The molecule has 0 unspecified atom stereocenters. The summed E-state index contributed by atoms with van der Waals surface area (Å²) in [5.41, 5.74) is 5.05. The van der Waals surface area contributed by atoms with Crippen molar-refractivity contribution in [2.24, 2.45) is 5.92 Å². The lowest BCUT2D eigenvalue weighted by Crippen LogP contribution is -2.54. The van der Waals surface area contributed by atoms with Gasteiger partial charge in [-0.3, -0.25) is 25.2 Å². The standard InChI is InChI=1S/C14H18BrN3O3/c1-8(2)12(16-9(3)19)14(21)18-17-13(20)10-4-6-11(15)7-5-10/h4-8,12H,1-3H3,(H,16,19)(H,17,20)(H,18,21)/t12-/m0/s1. The highest BCUT2D eigenvalue weighted by Crippen LogP contribution is 2.10. The van der Waals surface area contributed by atoms with Crippen molar-refractivity contribution in [3.8, 4) is 0 Å². The van der Waals surface area contributed by atoms with Crippen molar-refractivity contribution < 1.29 is 14.4 Å². The van der Waals surface area contributed by atoms with Gasteiger partial charge in [-0.15, -0.1) is 0 Å². The van der Waals surface area contributed by atoms with Crippen LogP contribution in [0.15, 0.2) is 28.7 Å². The van der Waals surface area contributed by atoms with Crippen molar-refractivity contribution >= 4 is 33.7 Å². The van der Waals surface area contributed by atoms with E-state index in [9.17, 15) is 14.4 Å². The predicted octanol–water partition coefficient (Wildman–Crippen LogP) is 1.37. The van der Waals surface area contributed by atoms with Gasteiger partial charge in [0.1, 0.15) is 6.04 Å². The Hall–Kier alpha value is -1.89. The van der Waals surface area contributed by atoms with Crippen LogP contribution in [0.3, 0.4) is 0 Å². The maximum atomic E-state index is 12.0. The average Bonchev–Trinajstić information content (AvgIpc) is 2.42. The second-order valence-corrected chi connectivity index (χ2v) is 5.79. The Bertz CT molecular complexity index is 529. The number of carbonyl (C=O) groups is 3. The molecule has 0 radical (unpaired) electrons. The monoisotopic (exact) mass is 355 g/mol. The van der Waals surface area contributed by atoms with E-state index >= 15 is 0 Å². The largest absolute Gasteiger partial charge is 0.344 e. The van der Waals surface area contributed by atoms with Gasteiger partial charge in [0.05, 0.1) is 0 Å². The fourth-order valence-electron chi connectivity index (χ4n) is 1.62. The molecular formula is C14H18BrN3O3. The number of rotatable bonds is 4. The van der Waals surface area contributed by atoms with Gasteiger partial charge >= 0.3 is 0 Å². The quantitative estimate of drug-likeness (QED) is 0.712. The van der Waals surface area contributed by atoms with Gasteiger partial charge < -0.3 is 5.32 Å². The van der Waals surface area contributed by atoms with Gasteiger partial charge in [0.15, 0.2) is 0 Å². The maximum Gasteiger partial charge on any atom is 0.269 e. The summed E-state index contributed by atoms with van der Waals surface area (Å²) in [5.74, 6) is -1.30. The summed E-state index contributed by atoms with van der Waals surface area (Å²) < 4.78 is 0.855. The van der Waals surface area contributed by atoms with E-state index in [4.69, 9.17) is 0 Å². The lowest BCUT2D eigenvalue weighted by Gasteiger charge is -2.21. The Labute approximate surface area is 131 Å². The molecule has 0 heterocycles. The SMILES string of the molecule is CC(=O)N[C@H](C(=O)NNC(=O)c1ccc(Br)cc1)C(C)C. The summed E-state index contributed by atoms with van der Waals surface area (Å²) >= 11 is 3.27. The first kappa shape index (κ1) is 17.2. The first-order chi connectivity index (χ1) is 9.81. The summed E-state index contributed by atoms with van der Waals surface area (Å²) in [4.78, 5) is 34.9. The molecule has 0 aromatic heterocycles. The van der Waals surface area contributed by atoms with E-state index in [1.165, 1.54) is 6.92 Å². The lowest BCUT2D eigenvalue weighted by molar-refractivity contribution is -0.129. The molecule has 6 nitrogen and oxygen atoms in total. The molecule has 1 aromatic rings. The van der Waals surface area contributed by atoms with Crippen molar-refractivity contribution in [2.75, 3.05) is 0 Å². The minimum absolute atomic E-state index is 0.0986. The van der Waals surface area contributed by atoms with Gasteiger partial charge in [0, 0.05) is 17.0 Å². The van der Waals surface area contributed by atoms with Crippen LogP contribution in [0.5, 0.6) is 0 Å². The average molecular weight is 356 g/mol. The molecule has 1 aromatic carbocycles. The third-order valence-corrected chi connectivity index (χ3v) is 3.24. The lowest BCUT2D eigenvalue weighted by atomic mass is 10.0. The molecule has 7 heteroatoms. The molecule has 0 bridgehead atoms. The third-order valence-electron chi connectivity index (χ3n) is 2.71. The molecule has 1 atom stereocenters. The third kappa shape index (κ3) is 5.55. The van der Waals surface area contributed by atoms with Gasteiger partial charge in [-0.1, -0.05) is 29.8 Å². The predicted molar refractivity (Wildman–Crippen MR) is 82.2 cm³/mol. The van der Waals surface area contributed by atoms with E-state index in [0.29, 0.717) is 5.56 Å². The molecule has 0 aliphatic carbocycles. The van der Waals surface area contributed by atoms with Gasteiger partial charge in [0.25, 0.3) is 11.8 Å². The van der Waals surface area contributed by atoms with E-state index in [2.05, 4.69) is 32.1 Å². The first-order valence-corrected chi connectivity index (χ1v) is 7.23. The molecule has 3 N–H and O–H groups in total. The van der Waals surface area contributed by atoms with Gasteiger partial charge in [-0.2, -0.15) is 0 Å². The number of hydrogen-bond acceptors (Lipinski definition) is 3. The van der Waals surface area contributed by atoms with E-state index in [0.717, 1.165) is 4.47 Å². The minimum Gasteiger partial charge on any atom is -0.344 e. The molecule has 114 valence electrons. The molecule has 0 aliphatic heterocycles. The van der Waals surface area contributed by atoms with Crippen LogP contribution in [0.1, 0.15) is 31.1 Å². The number of benzene rings is 1. The van der Waals surface area contributed by atoms with E-state index in [1.54, 1.807) is 38.1 Å². The Balaban J connectivity index is 2.60. The van der Waals surface area contributed by atoms with E-state index < -0.39 is 17.9 Å². The van der Waals surface area contributed by atoms with Crippen molar-refractivity contribution in [1.29, 1.82) is 0 Å². The smallest absolute Gasteiger partial charge is 0.269 e. The van der Waals surface area contributed by atoms with Crippen molar-refractivity contribution in [2.45, 2.75) is 26.8 Å². The molecule has 0 saturated carbocycles.